The molecule has 0 radical (unpaired) electrons. The van der Waals surface area contributed by atoms with Crippen molar-refractivity contribution in [2.45, 2.75) is 6.42 Å². The summed E-state index contributed by atoms with van der Waals surface area (Å²) in [6.45, 7) is 0. The fraction of sp³-hybridized carbons (Fsp3) is 0.515. The molecule has 0 unspecified atom stereocenters. The lowest BCUT2D eigenvalue weighted by Gasteiger charge is -2.24. The van der Waals surface area contributed by atoms with Crippen LogP contribution < -0.4 is 0 Å². The van der Waals surface area contributed by atoms with E-state index in [9.17, 15) is 0 Å². The third-order valence-electron chi connectivity index (χ3n) is 7.15. The van der Waals surface area contributed by atoms with E-state index in [0.29, 0.717) is 0 Å². The SMILES string of the molecule is CN(C)C(=Nc1cc2c(cc1N=C(N(C)C)N(C)C)-c1cc(N=C(N(C)C)N(C)C)c(N=C(N(C)C)N(C)C)cc1C2)N(C)C. The van der Waals surface area contributed by atoms with Crippen molar-refractivity contribution in [1.82, 2.24) is 39.2 Å². The lowest BCUT2D eigenvalue weighted by molar-refractivity contribution is 0.483. The maximum absolute atomic E-state index is 5.14. The first kappa shape index (κ1) is 35.0. The zero-order valence-electron chi connectivity index (χ0n) is 30.4. The molecule has 2 aromatic rings. The molecule has 1 aliphatic carbocycles. The van der Waals surface area contributed by atoms with E-state index >= 15 is 0 Å². The number of fused-ring (bicyclic) bond motifs is 3. The van der Waals surface area contributed by atoms with Crippen molar-refractivity contribution >= 4 is 46.6 Å². The van der Waals surface area contributed by atoms with Crippen molar-refractivity contribution < 1.29 is 0 Å². The average molecular weight is 619 g/mol. The molecule has 45 heavy (non-hydrogen) atoms. The first-order chi connectivity index (χ1) is 20.9. The largest absolute Gasteiger partial charge is 0.349 e. The Morgan fingerprint density at radius 1 is 0.356 bits per heavy atom. The number of nitrogens with zero attached hydrogens (tertiary/aromatic N) is 12. The van der Waals surface area contributed by atoms with Crippen LogP contribution in [0.25, 0.3) is 11.1 Å². The number of benzene rings is 2. The first-order valence-corrected chi connectivity index (χ1v) is 15.0. The minimum absolute atomic E-state index is 0.769. The van der Waals surface area contributed by atoms with Gasteiger partial charge in [0.2, 0.25) is 23.8 Å². The molecule has 0 saturated carbocycles. The summed E-state index contributed by atoms with van der Waals surface area (Å²) in [5, 5.41) is 0. The van der Waals surface area contributed by atoms with Gasteiger partial charge in [-0.25, -0.2) is 20.0 Å². The van der Waals surface area contributed by atoms with Crippen LogP contribution in [0.15, 0.2) is 44.2 Å². The molecular formula is C33H54N12. The Labute approximate surface area is 271 Å². The molecule has 1 aliphatic rings. The molecule has 12 heteroatoms. The number of aliphatic imine (C=N–C) groups is 4. The standard InChI is InChI=1S/C33H54N12/c1-38(2)30(39(3)4)34-26-18-22-17-23-19-27(35-31(40(5)6)41(7)8)29(37-33(44(13)14)45(15)16)21-25(23)24(22)20-28(26)36-32(42(9)10)43(11)12/h18-21H,17H2,1-16H3. The second kappa shape index (κ2) is 14.1. The van der Waals surface area contributed by atoms with E-state index in [2.05, 4.69) is 24.3 Å². The molecule has 0 aromatic heterocycles. The molecule has 0 N–H and O–H groups in total. The van der Waals surface area contributed by atoms with Gasteiger partial charge in [-0.1, -0.05) is 0 Å². The molecule has 12 nitrogen and oxygen atoms in total. The highest BCUT2D eigenvalue weighted by molar-refractivity contribution is 5.94. The zero-order chi connectivity index (χ0) is 33.9. The van der Waals surface area contributed by atoms with E-state index in [-0.39, 0.29) is 0 Å². The molecule has 0 heterocycles. The van der Waals surface area contributed by atoms with Crippen LogP contribution in [0.1, 0.15) is 11.1 Å². The minimum Gasteiger partial charge on any atom is -0.349 e. The molecule has 3 rings (SSSR count). The summed E-state index contributed by atoms with van der Waals surface area (Å²) in [5.74, 6) is 3.34. The van der Waals surface area contributed by atoms with Gasteiger partial charge in [0.25, 0.3) is 0 Å². The smallest absolute Gasteiger partial charge is 0.200 e. The first-order valence-electron chi connectivity index (χ1n) is 15.0. The topological polar surface area (TPSA) is 75.4 Å². The summed E-state index contributed by atoms with van der Waals surface area (Å²) in [6, 6.07) is 8.73. The van der Waals surface area contributed by atoms with Gasteiger partial charge in [-0.2, -0.15) is 0 Å². The Kier molecular flexibility index (Phi) is 11.0. The molecule has 0 spiro atoms. The molecule has 0 aliphatic heterocycles. The van der Waals surface area contributed by atoms with E-state index in [1.807, 2.05) is 152 Å². The molecule has 0 saturated heterocycles. The fourth-order valence-electron chi connectivity index (χ4n) is 5.43. The Morgan fingerprint density at radius 2 is 0.556 bits per heavy atom. The van der Waals surface area contributed by atoms with Crippen LogP contribution in [0.3, 0.4) is 0 Å². The van der Waals surface area contributed by atoms with Crippen molar-refractivity contribution in [3.63, 3.8) is 0 Å². The van der Waals surface area contributed by atoms with Gasteiger partial charge < -0.3 is 39.2 Å². The van der Waals surface area contributed by atoms with Crippen LogP contribution in [0.5, 0.6) is 0 Å². The van der Waals surface area contributed by atoms with Crippen LogP contribution in [0.2, 0.25) is 0 Å². The summed E-state index contributed by atoms with van der Waals surface area (Å²) < 4.78 is 0. The lowest BCUT2D eigenvalue weighted by atomic mass is 10.0. The molecule has 2 aromatic carbocycles. The van der Waals surface area contributed by atoms with Crippen molar-refractivity contribution in [1.29, 1.82) is 0 Å². The van der Waals surface area contributed by atoms with Crippen molar-refractivity contribution in [2.24, 2.45) is 20.0 Å². The monoisotopic (exact) mass is 618 g/mol. The molecule has 0 amide bonds. The Bertz CT molecular complexity index is 1340. The van der Waals surface area contributed by atoms with Gasteiger partial charge in [0, 0.05) is 113 Å². The Morgan fingerprint density at radius 3 is 0.756 bits per heavy atom. The molecular weight excluding hydrogens is 564 g/mol. The summed E-state index contributed by atoms with van der Waals surface area (Å²) >= 11 is 0. The van der Waals surface area contributed by atoms with Gasteiger partial charge in [0.15, 0.2) is 0 Å². The predicted octanol–water partition coefficient (Wildman–Crippen LogP) is 3.70. The van der Waals surface area contributed by atoms with Crippen molar-refractivity contribution in [3.8, 4) is 11.1 Å². The van der Waals surface area contributed by atoms with Gasteiger partial charge in [-0.3, -0.25) is 0 Å². The summed E-state index contributed by atoms with van der Waals surface area (Å²) in [7, 11) is 32.1. The number of hydrogen-bond acceptors (Lipinski definition) is 4. The fourth-order valence-corrected chi connectivity index (χ4v) is 5.43. The highest BCUT2D eigenvalue weighted by Crippen LogP contribution is 2.47. The van der Waals surface area contributed by atoms with Crippen LogP contribution in [0, 0.1) is 0 Å². The normalized spacial score (nSPS) is 11.0. The van der Waals surface area contributed by atoms with Crippen LogP contribution in [-0.4, -0.2) is 176 Å². The molecule has 0 bridgehead atoms. The Balaban J connectivity index is 2.41. The summed E-state index contributed by atoms with van der Waals surface area (Å²) in [5.41, 5.74) is 7.93. The van der Waals surface area contributed by atoms with Gasteiger partial charge in [-0.05, 0) is 52.9 Å². The van der Waals surface area contributed by atoms with Gasteiger partial charge in [-0.15, -0.1) is 0 Å². The lowest BCUT2D eigenvalue weighted by Crippen LogP contribution is -2.35. The van der Waals surface area contributed by atoms with Gasteiger partial charge in [0.05, 0.1) is 22.7 Å². The zero-order valence-corrected chi connectivity index (χ0v) is 30.4. The number of guanidine groups is 4. The van der Waals surface area contributed by atoms with E-state index in [1.165, 1.54) is 11.1 Å². The average Bonchev–Trinajstić information content (AvgIpc) is 3.25. The van der Waals surface area contributed by atoms with Gasteiger partial charge in [0.1, 0.15) is 0 Å². The van der Waals surface area contributed by atoms with Crippen LogP contribution >= 0.6 is 0 Å². The van der Waals surface area contributed by atoms with Crippen molar-refractivity contribution in [2.75, 3.05) is 113 Å². The quantitative estimate of drug-likeness (QED) is 0.324. The van der Waals surface area contributed by atoms with Gasteiger partial charge >= 0.3 is 0 Å². The van der Waals surface area contributed by atoms with E-state index in [4.69, 9.17) is 20.0 Å². The minimum atomic E-state index is 0.769. The Hall–Kier alpha value is -4.48. The summed E-state index contributed by atoms with van der Waals surface area (Å²) in [4.78, 5) is 36.7. The highest BCUT2D eigenvalue weighted by atomic mass is 15.4. The van der Waals surface area contributed by atoms with Crippen LogP contribution in [0.4, 0.5) is 22.7 Å². The number of rotatable bonds is 4. The van der Waals surface area contributed by atoms with E-state index < -0.39 is 0 Å². The second-order valence-electron chi connectivity index (χ2n) is 13.0. The number of hydrogen-bond donors (Lipinski definition) is 0. The van der Waals surface area contributed by atoms with Crippen molar-refractivity contribution in [3.05, 3.63) is 35.4 Å². The predicted molar refractivity (Wildman–Crippen MR) is 193 cm³/mol. The maximum Gasteiger partial charge on any atom is 0.200 e. The molecule has 0 atom stereocenters. The second-order valence-corrected chi connectivity index (χ2v) is 13.0. The third kappa shape index (κ3) is 7.98. The third-order valence-corrected chi connectivity index (χ3v) is 7.15. The summed E-state index contributed by atoms with van der Waals surface area (Å²) in [6.07, 6.45) is 0.769. The van der Waals surface area contributed by atoms with E-state index in [1.54, 1.807) is 0 Å². The van der Waals surface area contributed by atoms with E-state index in [0.717, 1.165) is 64.1 Å². The van der Waals surface area contributed by atoms with Crippen LogP contribution in [-0.2, 0) is 6.42 Å². The highest BCUT2D eigenvalue weighted by Gasteiger charge is 2.25. The maximum atomic E-state index is 5.14. The molecule has 246 valence electrons. The molecule has 0 fully saturated rings.